The molecule has 0 saturated heterocycles. The normalized spacial score (nSPS) is 17.6. The van der Waals surface area contributed by atoms with Gasteiger partial charge in [-0.2, -0.15) is 8.78 Å². The smallest absolute Gasteiger partial charge is 0.456 e. The molecule has 12 heteroatoms. The van der Waals surface area contributed by atoms with Crippen LogP contribution in [0.25, 0.3) is 10.9 Å². The second-order valence-electron chi connectivity index (χ2n) is 11.5. The van der Waals surface area contributed by atoms with Gasteiger partial charge in [0.05, 0.1) is 32.5 Å². The zero-order valence-electron chi connectivity index (χ0n) is 25.4. The van der Waals surface area contributed by atoms with Crippen LogP contribution < -0.4 is 4.74 Å². The third-order valence-corrected chi connectivity index (χ3v) is 7.38. The Morgan fingerprint density at radius 3 is 2.39 bits per heavy atom. The maximum absolute atomic E-state index is 15.7. The van der Waals surface area contributed by atoms with Gasteiger partial charge in [-0.15, -0.1) is 0 Å². The average molecular weight is 627 g/mol. The number of carbonyl (C=O) groups excluding carboxylic acids is 1. The number of alkyl halides is 3. The Labute approximate surface area is 253 Å². The van der Waals surface area contributed by atoms with Crippen LogP contribution in [0.3, 0.4) is 0 Å². The number of hydrogen-bond acceptors (Lipinski definition) is 6. The molecule has 0 radical (unpaired) electrons. The van der Waals surface area contributed by atoms with Crippen LogP contribution in [0.15, 0.2) is 36.4 Å². The van der Waals surface area contributed by atoms with Crippen LogP contribution in [-0.4, -0.2) is 73.3 Å². The van der Waals surface area contributed by atoms with Gasteiger partial charge >= 0.3 is 12.1 Å². The summed E-state index contributed by atoms with van der Waals surface area (Å²) in [4.78, 5) is 16.3. The zero-order chi connectivity index (χ0) is 32.1. The molecule has 1 N–H and O–H groups in total. The molecule has 0 bridgehead atoms. The van der Waals surface area contributed by atoms with Gasteiger partial charge in [-0.3, -0.25) is 4.90 Å². The lowest BCUT2D eigenvalue weighted by atomic mass is 9.87. The molecule has 3 aromatic rings. The van der Waals surface area contributed by atoms with Gasteiger partial charge in [-0.25, -0.2) is 18.0 Å². The first-order valence-corrected chi connectivity index (χ1v) is 14.7. The second-order valence-corrected chi connectivity index (χ2v) is 11.5. The van der Waals surface area contributed by atoms with Gasteiger partial charge < -0.3 is 23.9 Å². The summed E-state index contributed by atoms with van der Waals surface area (Å²) in [5.41, 5.74) is 0.686. The number of hydrogen-bond donors (Lipinski definition) is 1. The number of H-pyrrole nitrogens is 1. The van der Waals surface area contributed by atoms with Crippen molar-refractivity contribution in [2.75, 3.05) is 39.6 Å². The van der Waals surface area contributed by atoms with Gasteiger partial charge in [0.2, 0.25) is 0 Å². The summed E-state index contributed by atoms with van der Waals surface area (Å²) in [6.45, 7) is 5.69. The van der Waals surface area contributed by atoms with Crippen LogP contribution in [0.4, 0.5) is 22.0 Å². The Hall–Kier alpha value is -3.22. The Morgan fingerprint density at radius 1 is 1.02 bits per heavy atom. The molecular formula is C32H39F5N2O5. The van der Waals surface area contributed by atoms with Gasteiger partial charge in [-0.05, 0) is 58.6 Å². The topological polar surface area (TPSA) is 73.0 Å². The van der Waals surface area contributed by atoms with Gasteiger partial charge in [0.25, 0.3) is 0 Å². The van der Waals surface area contributed by atoms with Crippen LogP contribution >= 0.6 is 0 Å². The van der Waals surface area contributed by atoms with E-state index in [1.807, 2.05) is 36.1 Å². The molecule has 1 aromatic heterocycles. The Kier molecular flexibility index (Phi) is 10.9. The third-order valence-electron chi connectivity index (χ3n) is 7.38. The molecule has 44 heavy (non-hydrogen) atoms. The van der Waals surface area contributed by atoms with Gasteiger partial charge in [0.15, 0.2) is 0 Å². The van der Waals surface area contributed by atoms with E-state index >= 15 is 8.78 Å². The molecule has 2 heterocycles. The van der Waals surface area contributed by atoms with Crippen molar-refractivity contribution in [3.63, 3.8) is 0 Å². The number of ether oxygens (including phenoxy) is 4. The highest BCUT2D eigenvalue weighted by Gasteiger charge is 2.42. The maximum atomic E-state index is 15.7. The number of benzene rings is 2. The monoisotopic (exact) mass is 626 g/mol. The molecule has 0 unspecified atom stereocenters. The minimum absolute atomic E-state index is 0.0114. The van der Waals surface area contributed by atoms with Crippen molar-refractivity contribution in [3.8, 4) is 5.75 Å². The quantitative estimate of drug-likeness (QED) is 0.113. The largest absolute Gasteiger partial charge is 0.493 e. The molecule has 2 aromatic carbocycles. The van der Waals surface area contributed by atoms with E-state index in [-0.39, 0.29) is 50.3 Å². The highest BCUT2D eigenvalue weighted by molar-refractivity contribution is 5.85. The number of rotatable bonds is 15. The molecule has 1 aliphatic rings. The van der Waals surface area contributed by atoms with Crippen molar-refractivity contribution in [1.29, 1.82) is 0 Å². The molecular weight excluding hydrogens is 587 g/mol. The number of aromatic amines is 1. The Balaban J connectivity index is 1.37. The van der Waals surface area contributed by atoms with Gasteiger partial charge in [0, 0.05) is 53.5 Å². The minimum Gasteiger partial charge on any atom is -0.493 e. The fourth-order valence-electron chi connectivity index (χ4n) is 5.51. The number of carbonyl (C=O) groups is 1. The third kappa shape index (κ3) is 8.08. The Morgan fingerprint density at radius 2 is 1.70 bits per heavy atom. The predicted molar refractivity (Wildman–Crippen MR) is 155 cm³/mol. The van der Waals surface area contributed by atoms with E-state index < -0.39 is 42.0 Å². The van der Waals surface area contributed by atoms with Crippen LogP contribution in [0.2, 0.25) is 0 Å². The van der Waals surface area contributed by atoms with E-state index in [2.05, 4.69) is 14.5 Å². The van der Waals surface area contributed by atoms with Crippen molar-refractivity contribution in [2.45, 2.75) is 70.8 Å². The molecule has 4 rings (SSSR count). The standard InChI is InChI=1S/C32H39F5N2O5/c1-5-42-30(40)32(36,37)44-15-14-41-12-8-9-13-43-21-17-24(33)27(25(34)18-21)29-28-23(22-10-6-7-11-26(22)38-28)16-20(2)39(29)19-31(3,4)35/h6-7,10-11,17-18,20,29,38H,5,8-9,12-16,19H2,1-4H3/t20-,29-/m1/s1. The molecule has 242 valence electrons. The van der Waals surface area contributed by atoms with Crippen LogP contribution in [0, 0.1) is 11.6 Å². The molecule has 0 amide bonds. The number of esters is 1. The lowest BCUT2D eigenvalue weighted by molar-refractivity contribution is -0.252. The predicted octanol–water partition coefficient (Wildman–Crippen LogP) is 6.88. The lowest BCUT2D eigenvalue weighted by Gasteiger charge is -2.43. The summed E-state index contributed by atoms with van der Waals surface area (Å²) >= 11 is 0. The SMILES string of the molecule is CCOC(=O)C(F)(F)OCCOCCCCOc1cc(F)c([C@@H]2c3[nH]c4ccccc4c3C[C@@H](C)N2CC(C)(C)F)c(F)c1. The first-order chi connectivity index (χ1) is 20.8. The summed E-state index contributed by atoms with van der Waals surface area (Å²) in [5, 5.41) is 0.977. The number of unbranched alkanes of at least 4 members (excludes halogenated alkanes) is 1. The van der Waals surface area contributed by atoms with E-state index in [0.717, 1.165) is 28.6 Å². The van der Waals surface area contributed by atoms with E-state index in [9.17, 15) is 18.0 Å². The van der Waals surface area contributed by atoms with E-state index in [0.29, 0.717) is 25.0 Å². The summed E-state index contributed by atoms with van der Waals surface area (Å²) < 4.78 is 92.5. The average Bonchev–Trinajstić information content (AvgIpc) is 3.30. The highest BCUT2D eigenvalue weighted by Crippen LogP contribution is 2.43. The molecule has 2 atom stereocenters. The number of nitrogens with zero attached hydrogens (tertiary/aromatic N) is 1. The zero-order valence-corrected chi connectivity index (χ0v) is 25.4. The summed E-state index contributed by atoms with van der Waals surface area (Å²) in [7, 11) is 0. The number of halogens is 5. The summed E-state index contributed by atoms with van der Waals surface area (Å²) in [5.74, 6) is -3.34. The van der Waals surface area contributed by atoms with Crippen LogP contribution in [-0.2, 0) is 25.4 Å². The first kappa shape index (κ1) is 33.7. The number of aromatic nitrogens is 1. The number of fused-ring (bicyclic) bond motifs is 3. The van der Waals surface area contributed by atoms with Crippen molar-refractivity contribution in [1.82, 2.24) is 9.88 Å². The van der Waals surface area contributed by atoms with Crippen LogP contribution in [0.5, 0.6) is 5.75 Å². The van der Waals surface area contributed by atoms with E-state index in [1.54, 1.807) is 0 Å². The number of nitrogens with one attached hydrogen (secondary N) is 1. The Bertz CT molecular complexity index is 1400. The molecule has 7 nitrogen and oxygen atoms in total. The van der Waals surface area contributed by atoms with E-state index in [4.69, 9.17) is 9.47 Å². The van der Waals surface area contributed by atoms with Crippen LogP contribution in [0.1, 0.15) is 63.4 Å². The minimum atomic E-state index is -4.04. The molecule has 0 aliphatic carbocycles. The van der Waals surface area contributed by atoms with E-state index in [1.165, 1.54) is 20.8 Å². The van der Waals surface area contributed by atoms with Gasteiger partial charge in [0.1, 0.15) is 23.1 Å². The fraction of sp³-hybridized carbons (Fsp3) is 0.531. The lowest BCUT2D eigenvalue weighted by Crippen LogP contribution is -2.48. The molecule has 1 aliphatic heterocycles. The van der Waals surface area contributed by atoms with Crippen molar-refractivity contribution < 1.29 is 45.7 Å². The maximum Gasteiger partial charge on any atom is 0.456 e. The molecule has 0 spiro atoms. The second kappa shape index (κ2) is 14.3. The molecule has 0 saturated carbocycles. The number of para-hydroxylation sites is 1. The molecule has 0 fully saturated rings. The summed E-state index contributed by atoms with van der Waals surface area (Å²) in [6, 6.07) is 8.89. The fourth-order valence-corrected chi connectivity index (χ4v) is 5.51. The van der Waals surface area contributed by atoms with Crippen molar-refractivity contribution in [2.24, 2.45) is 0 Å². The van der Waals surface area contributed by atoms with Crippen molar-refractivity contribution in [3.05, 3.63) is 64.9 Å². The first-order valence-electron chi connectivity index (χ1n) is 14.7. The van der Waals surface area contributed by atoms with Crippen molar-refractivity contribution >= 4 is 16.9 Å². The summed E-state index contributed by atoms with van der Waals surface area (Å²) in [6.07, 6.45) is -2.49. The van der Waals surface area contributed by atoms with Gasteiger partial charge in [-0.1, -0.05) is 18.2 Å². The highest BCUT2D eigenvalue weighted by atomic mass is 19.3.